The topological polar surface area (TPSA) is 73.1 Å². The van der Waals surface area contributed by atoms with Crippen LogP contribution in [0.25, 0.3) is 0 Å². The van der Waals surface area contributed by atoms with Gasteiger partial charge >= 0.3 is 0 Å². The zero-order valence-corrected chi connectivity index (χ0v) is 11.1. The Balaban J connectivity index is 2.44. The van der Waals surface area contributed by atoms with Crippen LogP contribution >= 0.6 is 11.6 Å². The Bertz CT molecular complexity index is 594. The molecule has 0 saturated carbocycles. The predicted octanol–water partition coefficient (Wildman–Crippen LogP) is 2.22. The molecule has 0 aromatic heterocycles. The largest absolute Gasteiger partial charge is 0.507 e. The normalized spacial score (nSPS) is 22.3. The maximum atomic E-state index is 13.0. The first kappa shape index (κ1) is 14.7. The second-order valence-corrected chi connectivity index (χ2v) is 4.91. The number of carbonyl (C=O) groups is 1. The van der Waals surface area contributed by atoms with Crippen LogP contribution in [0.3, 0.4) is 0 Å². The summed E-state index contributed by atoms with van der Waals surface area (Å²) < 4.78 is 26.0. The van der Waals surface area contributed by atoms with Gasteiger partial charge in [0.25, 0.3) is 12.3 Å². The first-order valence-electron chi connectivity index (χ1n) is 5.63. The Morgan fingerprint density at radius 2 is 2.20 bits per heavy atom. The van der Waals surface area contributed by atoms with Gasteiger partial charge in [-0.05, 0) is 25.1 Å². The molecule has 1 aromatic carbocycles. The lowest BCUT2D eigenvalue weighted by atomic mass is 10.1. The van der Waals surface area contributed by atoms with Crippen LogP contribution in [0.2, 0.25) is 5.02 Å². The van der Waals surface area contributed by atoms with Gasteiger partial charge in [-0.1, -0.05) is 11.6 Å². The average Bonchev–Trinajstić information content (AvgIpc) is 2.68. The molecular weight excluding hydrogens is 294 g/mol. The smallest absolute Gasteiger partial charge is 0.287 e. The van der Waals surface area contributed by atoms with Crippen molar-refractivity contribution in [2.45, 2.75) is 25.5 Å². The number of phenolic OH excluding ortho intramolecular Hbond substituents is 1. The summed E-state index contributed by atoms with van der Waals surface area (Å²) in [5.41, 5.74) is -2.84. The summed E-state index contributed by atoms with van der Waals surface area (Å²) in [6, 6.07) is 3.61. The van der Waals surface area contributed by atoms with E-state index in [4.69, 9.17) is 11.6 Å². The molecule has 0 radical (unpaired) electrons. The molecule has 1 amide bonds. The lowest BCUT2D eigenvalue weighted by Crippen LogP contribution is -2.51. The summed E-state index contributed by atoms with van der Waals surface area (Å²) in [5.74, 6) is -1.49. The molecule has 1 aliphatic rings. The van der Waals surface area contributed by atoms with Gasteiger partial charge in [0.2, 0.25) is 5.72 Å². The molecule has 20 heavy (non-hydrogen) atoms. The van der Waals surface area contributed by atoms with E-state index in [9.17, 15) is 23.8 Å². The van der Waals surface area contributed by atoms with Crippen molar-refractivity contribution < 1.29 is 23.8 Å². The van der Waals surface area contributed by atoms with Crippen molar-refractivity contribution in [3.63, 3.8) is 0 Å². The second-order valence-electron chi connectivity index (χ2n) is 4.47. The fraction of sp³-hybridized carbons (Fsp3) is 0.333. The summed E-state index contributed by atoms with van der Waals surface area (Å²) in [7, 11) is 0. The lowest BCUT2D eigenvalue weighted by molar-refractivity contribution is -0.164. The molecule has 2 rings (SSSR count). The zero-order chi connectivity index (χ0) is 15.1. The number of alkyl halides is 2. The van der Waals surface area contributed by atoms with Crippen molar-refractivity contribution in [1.29, 1.82) is 0 Å². The van der Waals surface area contributed by atoms with Gasteiger partial charge in [0.15, 0.2) is 0 Å². The molecular formula is C12H11ClF2N2O3. The Hall–Kier alpha value is -1.73. The Morgan fingerprint density at radius 1 is 1.55 bits per heavy atom. The molecule has 1 atom stereocenters. The molecule has 0 unspecified atom stereocenters. The van der Waals surface area contributed by atoms with Gasteiger partial charge in [-0.3, -0.25) is 4.79 Å². The minimum Gasteiger partial charge on any atom is -0.507 e. The molecule has 1 aliphatic heterocycles. The number of amides is 1. The van der Waals surface area contributed by atoms with Crippen molar-refractivity contribution in [2.75, 3.05) is 0 Å². The maximum Gasteiger partial charge on any atom is 0.287 e. The number of carbonyl (C=O) groups excluding carboxylic acids is 1. The van der Waals surface area contributed by atoms with Crippen LogP contribution in [0.5, 0.6) is 5.75 Å². The number of phenols is 1. The summed E-state index contributed by atoms with van der Waals surface area (Å²) in [6.45, 7) is 1.42. The van der Waals surface area contributed by atoms with Gasteiger partial charge in [-0.2, -0.15) is 10.1 Å². The second kappa shape index (κ2) is 4.99. The van der Waals surface area contributed by atoms with Crippen molar-refractivity contribution >= 4 is 23.2 Å². The highest BCUT2D eigenvalue weighted by Gasteiger charge is 2.51. The Kier molecular flexibility index (Phi) is 3.66. The number of hydrogen-bond acceptors (Lipinski definition) is 4. The SMILES string of the molecule is CC1=NN(C(=O)c2cc(Cl)ccc2O)[C@@](O)(C(F)F)C1. The van der Waals surface area contributed by atoms with Crippen LogP contribution in [0.15, 0.2) is 23.3 Å². The maximum absolute atomic E-state index is 13.0. The highest BCUT2D eigenvalue weighted by molar-refractivity contribution is 6.31. The average molecular weight is 305 g/mol. The van der Waals surface area contributed by atoms with E-state index in [0.717, 1.165) is 12.1 Å². The number of nitrogens with zero attached hydrogens (tertiary/aromatic N) is 2. The number of halogens is 3. The number of hydrogen-bond donors (Lipinski definition) is 2. The molecule has 0 bridgehead atoms. The summed E-state index contributed by atoms with van der Waals surface area (Å²) >= 11 is 5.70. The van der Waals surface area contributed by atoms with Gasteiger partial charge in [0, 0.05) is 17.2 Å². The van der Waals surface area contributed by atoms with E-state index in [1.807, 2.05) is 0 Å². The minimum atomic E-state index is -3.20. The number of benzene rings is 1. The molecule has 8 heteroatoms. The number of hydrazone groups is 1. The van der Waals surface area contributed by atoms with Gasteiger partial charge in [0.05, 0.1) is 5.56 Å². The summed E-state index contributed by atoms with van der Waals surface area (Å²) in [6.07, 6.45) is -3.66. The van der Waals surface area contributed by atoms with E-state index in [0.29, 0.717) is 5.01 Å². The van der Waals surface area contributed by atoms with E-state index in [1.54, 1.807) is 0 Å². The number of aliphatic hydroxyl groups is 1. The highest BCUT2D eigenvalue weighted by atomic mass is 35.5. The van der Waals surface area contributed by atoms with Crippen LogP contribution in [-0.4, -0.2) is 39.0 Å². The van der Waals surface area contributed by atoms with Crippen molar-refractivity contribution in [3.8, 4) is 5.75 Å². The Morgan fingerprint density at radius 3 is 2.80 bits per heavy atom. The van der Waals surface area contributed by atoms with Gasteiger partial charge in [0.1, 0.15) is 5.75 Å². The third-order valence-corrected chi connectivity index (χ3v) is 3.12. The van der Waals surface area contributed by atoms with E-state index < -0.39 is 30.2 Å². The van der Waals surface area contributed by atoms with Gasteiger partial charge < -0.3 is 10.2 Å². The predicted molar refractivity (Wildman–Crippen MR) is 68.0 cm³/mol. The van der Waals surface area contributed by atoms with E-state index in [2.05, 4.69) is 5.10 Å². The molecule has 2 N–H and O–H groups in total. The van der Waals surface area contributed by atoms with Crippen LogP contribution in [0.4, 0.5) is 8.78 Å². The lowest BCUT2D eigenvalue weighted by Gasteiger charge is -2.30. The molecule has 1 heterocycles. The van der Waals surface area contributed by atoms with Crippen molar-refractivity contribution in [1.82, 2.24) is 5.01 Å². The Labute approximate surface area is 118 Å². The number of rotatable bonds is 2. The van der Waals surface area contributed by atoms with Crippen molar-refractivity contribution in [3.05, 3.63) is 28.8 Å². The number of aromatic hydroxyl groups is 1. The molecule has 0 aliphatic carbocycles. The highest BCUT2D eigenvalue weighted by Crippen LogP contribution is 2.34. The fourth-order valence-corrected chi connectivity index (χ4v) is 2.10. The van der Waals surface area contributed by atoms with Crippen LogP contribution < -0.4 is 0 Å². The first-order chi connectivity index (χ1) is 9.25. The quantitative estimate of drug-likeness (QED) is 0.880. The standard InChI is InChI=1S/C12H11ClF2N2O3/c1-6-5-12(20,11(14)15)17(16-6)10(19)8-4-7(13)2-3-9(8)18/h2-4,11,18,20H,5H2,1H3/t12-/m0/s1. The van der Waals surface area contributed by atoms with Gasteiger partial charge in [-0.15, -0.1) is 0 Å². The van der Waals surface area contributed by atoms with E-state index in [-0.39, 0.29) is 16.3 Å². The minimum absolute atomic E-state index is 0.145. The fourth-order valence-electron chi connectivity index (χ4n) is 1.93. The summed E-state index contributed by atoms with van der Waals surface area (Å²) in [4.78, 5) is 12.2. The molecule has 1 aromatic rings. The van der Waals surface area contributed by atoms with Crippen LogP contribution in [0, 0.1) is 0 Å². The third kappa shape index (κ3) is 2.34. The molecule has 0 fully saturated rings. The molecule has 0 spiro atoms. The molecule has 108 valence electrons. The first-order valence-corrected chi connectivity index (χ1v) is 6.01. The van der Waals surface area contributed by atoms with Crippen molar-refractivity contribution in [2.24, 2.45) is 5.10 Å². The van der Waals surface area contributed by atoms with Crippen LogP contribution in [-0.2, 0) is 0 Å². The summed E-state index contributed by atoms with van der Waals surface area (Å²) in [5, 5.41) is 23.6. The van der Waals surface area contributed by atoms with E-state index >= 15 is 0 Å². The zero-order valence-electron chi connectivity index (χ0n) is 10.3. The third-order valence-electron chi connectivity index (χ3n) is 2.88. The molecule has 0 saturated heterocycles. The van der Waals surface area contributed by atoms with Crippen LogP contribution in [0.1, 0.15) is 23.7 Å². The van der Waals surface area contributed by atoms with Gasteiger partial charge in [-0.25, -0.2) is 8.78 Å². The monoisotopic (exact) mass is 304 g/mol. The van der Waals surface area contributed by atoms with E-state index in [1.165, 1.54) is 13.0 Å². The molecule has 5 nitrogen and oxygen atoms in total.